The fourth-order valence-corrected chi connectivity index (χ4v) is 10.5. The van der Waals surface area contributed by atoms with Crippen LogP contribution in [-0.4, -0.2) is 11.6 Å². The Morgan fingerprint density at radius 3 is 1.76 bits per heavy atom. The van der Waals surface area contributed by atoms with E-state index in [0.29, 0.717) is 28.2 Å². The summed E-state index contributed by atoms with van der Waals surface area (Å²) < 4.78 is 0. The van der Waals surface area contributed by atoms with E-state index >= 15 is 0 Å². The van der Waals surface area contributed by atoms with Gasteiger partial charge in [0, 0.05) is 41.8 Å². The third kappa shape index (κ3) is 8.00. The lowest BCUT2D eigenvalue weighted by Crippen LogP contribution is -2.22. The Hall–Kier alpha value is -4.38. The number of fused-ring (bicyclic) bond motifs is 3. The number of unbranched alkanes of at least 4 members (excludes halogenated alkanes) is 2. The molecule has 278 valence electrons. The van der Waals surface area contributed by atoms with E-state index in [1.165, 1.54) is 90.8 Å². The Labute approximate surface area is 335 Å². The first-order valence-corrected chi connectivity index (χ1v) is 21.8. The number of benzene rings is 6. The first-order valence-electron chi connectivity index (χ1n) is 20.1. The van der Waals surface area contributed by atoms with E-state index in [-0.39, 0.29) is 17.0 Å². The van der Waals surface area contributed by atoms with E-state index in [1.54, 1.807) is 23.9 Å². The van der Waals surface area contributed by atoms with Crippen LogP contribution in [0.5, 0.6) is 0 Å². The lowest BCUT2D eigenvalue weighted by atomic mass is 9.77. The van der Waals surface area contributed by atoms with Crippen LogP contribution in [0.25, 0.3) is 21.9 Å². The number of carbonyl (C=O) groups excluding carboxylic acids is 2. The second-order valence-corrected chi connectivity index (χ2v) is 18.8. The van der Waals surface area contributed by atoms with Gasteiger partial charge in [-0.3, -0.25) is 9.59 Å². The molecule has 6 aromatic carbocycles. The lowest BCUT2D eigenvalue weighted by molar-refractivity contribution is 0.0974. The summed E-state index contributed by atoms with van der Waals surface area (Å²) in [4.78, 5) is 32.0. The van der Waals surface area contributed by atoms with E-state index in [0.717, 1.165) is 30.9 Å². The maximum atomic E-state index is 14.2. The first kappa shape index (κ1) is 37.5. The lowest BCUT2D eigenvalue weighted by Gasteiger charge is -2.29. The summed E-state index contributed by atoms with van der Waals surface area (Å²) in [6.45, 7) is 8.90. The summed E-state index contributed by atoms with van der Waals surface area (Å²) in [6, 6.07) is 42.3. The van der Waals surface area contributed by atoms with Crippen molar-refractivity contribution in [2.75, 3.05) is 0 Å². The van der Waals surface area contributed by atoms with Crippen LogP contribution in [0.3, 0.4) is 0 Å². The molecule has 0 spiro atoms. The van der Waals surface area contributed by atoms with Crippen molar-refractivity contribution in [2.24, 2.45) is 5.92 Å². The summed E-state index contributed by atoms with van der Waals surface area (Å²) >= 11 is 3.09. The molecular formula is C51H50O2S2. The second kappa shape index (κ2) is 16.0. The van der Waals surface area contributed by atoms with Crippen molar-refractivity contribution in [3.63, 3.8) is 0 Å². The summed E-state index contributed by atoms with van der Waals surface area (Å²) in [6.07, 6.45) is 10.9. The second-order valence-electron chi connectivity index (χ2n) is 16.6. The van der Waals surface area contributed by atoms with Gasteiger partial charge in [-0.2, -0.15) is 0 Å². The normalized spacial score (nSPS) is 16.9. The third-order valence-electron chi connectivity index (χ3n) is 11.8. The highest BCUT2D eigenvalue weighted by atomic mass is 32.2. The Morgan fingerprint density at radius 2 is 1.15 bits per heavy atom. The van der Waals surface area contributed by atoms with Crippen molar-refractivity contribution in [1.82, 2.24) is 0 Å². The number of ketones is 2. The largest absolute Gasteiger partial charge is 0.289 e. The number of rotatable bonds is 10. The van der Waals surface area contributed by atoms with E-state index in [1.807, 2.05) is 24.3 Å². The highest BCUT2D eigenvalue weighted by molar-refractivity contribution is 7.99. The minimum absolute atomic E-state index is 0.0621. The van der Waals surface area contributed by atoms with Crippen molar-refractivity contribution in [3.05, 3.63) is 155 Å². The molecule has 0 aliphatic heterocycles. The molecule has 1 saturated carbocycles. The molecule has 2 aliphatic rings. The molecule has 1 fully saturated rings. The number of hydrogen-bond donors (Lipinski definition) is 0. The predicted octanol–water partition coefficient (Wildman–Crippen LogP) is 14.7. The highest BCUT2D eigenvalue weighted by Gasteiger charge is 2.34. The van der Waals surface area contributed by atoms with Gasteiger partial charge >= 0.3 is 0 Å². The fourth-order valence-electron chi connectivity index (χ4n) is 8.51. The van der Waals surface area contributed by atoms with Crippen LogP contribution in [0.15, 0.2) is 141 Å². The molecule has 0 amide bonds. The zero-order chi connectivity index (χ0) is 38.1. The van der Waals surface area contributed by atoms with E-state index in [2.05, 4.69) is 113 Å². The van der Waals surface area contributed by atoms with Crippen molar-refractivity contribution >= 4 is 45.9 Å². The molecule has 55 heavy (non-hydrogen) atoms. The van der Waals surface area contributed by atoms with Crippen molar-refractivity contribution in [3.8, 4) is 11.1 Å². The molecule has 0 atom stereocenters. The molecule has 0 unspecified atom stereocenters. The van der Waals surface area contributed by atoms with Gasteiger partial charge in [-0.25, -0.2) is 0 Å². The van der Waals surface area contributed by atoms with Gasteiger partial charge in [0.25, 0.3) is 0 Å². The van der Waals surface area contributed by atoms with Crippen LogP contribution in [0.2, 0.25) is 0 Å². The Balaban J connectivity index is 0.976. The van der Waals surface area contributed by atoms with Crippen LogP contribution in [0, 0.1) is 5.92 Å². The molecule has 0 N–H and O–H groups in total. The van der Waals surface area contributed by atoms with Gasteiger partial charge in [0.2, 0.25) is 0 Å². The van der Waals surface area contributed by atoms with Gasteiger partial charge in [-0.1, -0.05) is 156 Å². The molecule has 0 bridgehead atoms. The highest BCUT2D eigenvalue weighted by Crippen LogP contribution is 2.43. The molecule has 2 aliphatic carbocycles. The van der Waals surface area contributed by atoms with E-state index in [9.17, 15) is 9.59 Å². The number of carbonyl (C=O) groups is 2. The zero-order valence-electron chi connectivity index (χ0n) is 32.5. The third-order valence-corrected chi connectivity index (χ3v) is 13.9. The minimum atomic E-state index is -0.0928. The van der Waals surface area contributed by atoms with E-state index in [4.69, 9.17) is 0 Å². The van der Waals surface area contributed by atoms with Crippen molar-refractivity contribution < 1.29 is 9.59 Å². The maximum Gasteiger partial charge on any atom is 0.195 e. The average molecular weight is 759 g/mol. The molecule has 0 heterocycles. The standard InChI is InChI=1S/C51H50O2S2/c1-5-6-7-10-33-15-17-34(18-16-33)35-19-21-36(22-20-35)37-23-24-39-32-42(28-25-38(39)31-37)55-46-14-9-12-44-48(46)50(53)43-11-8-13-45(47(43)49(44)52)54-41-29-26-40(27-30-41)51(2,3)4/h8-9,11-14,19-34H,5-7,10,15-18H2,1-4H3. The van der Waals surface area contributed by atoms with Crippen LogP contribution in [0.1, 0.15) is 128 Å². The van der Waals surface area contributed by atoms with Gasteiger partial charge < -0.3 is 0 Å². The Kier molecular flexibility index (Phi) is 10.9. The van der Waals surface area contributed by atoms with Gasteiger partial charge in [0.1, 0.15) is 0 Å². The Bertz CT molecular complexity index is 2360. The SMILES string of the molecule is CCCCCC1CCC(c2ccc(-c3ccc4cc(Sc5cccc6c5C(=O)c5cccc(Sc7ccc(C(C)(C)C)cc7)c5C6=O)ccc4c3)cc2)CC1. The predicted molar refractivity (Wildman–Crippen MR) is 231 cm³/mol. The molecule has 0 radical (unpaired) electrons. The smallest absolute Gasteiger partial charge is 0.195 e. The van der Waals surface area contributed by atoms with E-state index < -0.39 is 0 Å². The zero-order valence-corrected chi connectivity index (χ0v) is 34.1. The molecule has 4 heteroatoms. The van der Waals surface area contributed by atoms with Crippen molar-refractivity contribution in [2.45, 2.75) is 110 Å². The molecule has 8 rings (SSSR count). The fraction of sp³-hybridized carbons (Fsp3) is 0.294. The topological polar surface area (TPSA) is 34.1 Å². The molecule has 0 saturated heterocycles. The van der Waals surface area contributed by atoms with Gasteiger partial charge in [0.15, 0.2) is 11.6 Å². The monoisotopic (exact) mass is 758 g/mol. The first-order chi connectivity index (χ1) is 26.7. The molecule has 2 nitrogen and oxygen atoms in total. The van der Waals surface area contributed by atoms with Crippen molar-refractivity contribution in [1.29, 1.82) is 0 Å². The minimum Gasteiger partial charge on any atom is -0.289 e. The van der Waals surface area contributed by atoms with Crippen LogP contribution < -0.4 is 0 Å². The molecule has 0 aromatic heterocycles. The summed E-state index contributed by atoms with van der Waals surface area (Å²) in [5.41, 5.74) is 7.24. The average Bonchev–Trinajstić information content (AvgIpc) is 3.20. The summed E-state index contributed by atoms with van der Waals surface area (Å²) in [7, 11) is 0. The summed E-state index contributed by atoms with van der Waals surface area (Å²) in [5, 5.41) is 2.33. The van der Waals surface area contributed by atoms with Gasteiger partial charge in [-0.15, -0.1) is 0 Å². The summed E-state index contributed by atoms with van der Waals surface area (Å²) in [5.74, 6) is 1.44. The van der Waals surface area contributed by atoms with Crippen LogP contribution >= 0.6 is 23.5 Å². The molecular weight excluding hydrogens is 709 g/mol. The maximum absolute atomic E-state index is 14.2. The van der Waals surface area contributed by atoms with Crippen LogP contribution in [-0.2, 0) is 5.41 Å². The Morgan fingerprint density at radius 1 is 0.582 bits per heavy atom. The van der Waals surface area contributed by atoms with Gasteiger partial charge in [-0.05, 0) is 118 Å². The number of hydrogen-bond acceptors (Lipinski definition) is 4. The van der Waals surface area contributed by atoms with Gasteiger partial charge in [0.05, 0.1) is 0 Å². The van der Waals surface area contributed by atoms with Crippen LogP contribution in [0.4, 0.5) is 0 Å². The molecule has 6 aromatic rings. The quantitative estimate of drug-likeness (QED) is 0.130.